The molecule has 0 radical (unpaired) electrons. The van der Waals surface area contributed by atoms with E-state index in [0.717, 1.165) is 12.4 Å². The van der Waals surface area contributed by atoms with E-state index in [2.05, 4.69) is 57.0 Å². The molecule has 1 aromatic carbocycles. The molecule has 116 valence electrons. The molecule has 1 aliphatic rings. The lowest BCUT2D eigenvalue weighted by Crippen LogP contribution is -2.23. The molecule has 1 heterocycles. The molecule has 1 fully saturated rings. The van der Waals surface area contributed by atoms with E-state index in [0.29, 0.717) is 12.0 Å². The molecule has 0 spiro atoms. The summed E-state index contributed by atoms with van der Waals surface area (Å²) >= 11 is 0. The van der Waals surface area contributed by atoms with E-state index in [4.69, 9.17) is 0 Å². The average molecular weight is 297 g/mol. The highest BCUT2D eigenvalue weighted by molar-refractivity contribution is 5.38. The number of aryl methyl sites for hydroxylation is 1. The van der Waals surface area contributed by atoms with Crippen molar-refractivity contribution in [3.63, 3.8) is 0 Å². The zero-order valence-electron chi connectivity index (χ0n) is 13.0. The summed E-state index contributed by atoms with van der Waals surface area (Å²) in [6, 6.07) is 8.93. The summed E-state index contributed by atoms with van der Waals surface area (Å²) in [6.07, 6.45) is 7.98. The van der Waals surface area contributed by atoms with Crippen molar-refractivity contribution >= 4 is 11.8 Å². The van der Waals surface area contributed by atoms with Crippen LogP contribution in [0.4, 0.5) is 11.8 Å². The molecule has 5 heteroatoms. The molecule has 1 saturated carbocycles. The fourth-order valence-electron chi connectivity index (χ4n) is 2.89. The van der Waals surface area contributed by atoms with Gasteiger partial charge in [-0.25, -0.2) is 0 Å². The maximum Gasteiger partial charge on any atom is 0.244 e. The molecule has 0 saturated heterocycles. The summed E-state index contributed by atoms with van der Waals surface area (Å²) in [7, 11) is 0. The third-order valence-electron chi connectivity index (χ3n) is 4.05. The van der Waals surface area contributed by atoms with Crippen LogP contribution >= 0.6 is 0 Å². The molecule has 2 N–H and O–H groups in total. The number of nitrogens with one attached hydrogen (secondary N) is 2. The van der Waals surface area contributed by atoms with E-state index in [1.54, 1.807) is 6.20 Å². The summed E-state index contributed by atoms with van der Waals surface area (Å²) in [5, 5.41) is 14.8. The van der Waals surface area contributed by atoms with Gasteiger partial charge < -0.3 is 10.6 Å². The largest absolute Gasteiger partial charge is 0.365 e. The Kier molecular flexibility index (Phi) is 4.83. The number of anilines is 2. The first-order chi connectivity index (χ1) is 10.8. The van der Waals surface area contributed by atoms with Gasteiger partial charge >= 0.3 is 0 Å². The smallest absolute Gasteiger partial charge is 0.244 e. The maximum atomic E-state index is 4.51. The lowest BCUT2D eigenvalue weighted by atomic mass is 9.96. The maximum absolute atomic E-state index is 4.51. The van der Waals surface area contributed by atoms with Gasteiger partial charge in [0.2, 0.25) is 5.95 Å². The zero-order chi connectivity index (χ0) is 15.2. The van der Waals surface area contributed by atoms with Crippen molar-refractivity contribution in [1.82, 2.24) is 15.2 Å². The predicted molar refractivity (Wildman–Crippen MR) is 88.8 cm³/mol. The summed E-state index contributed by atoms with van der Waals surface area (Å²) in [5.41, 5.74) is 2.50. The van der Waals surface area contributed by atoms with Crippen LogP contribution in [-0.4, -0.2) is 21.2 Å². The third kappa shape index (κ3) is 4.16. The second-order valence-electron chi connectivity index (χ2n) is 5.99. The molecule has 22 heavy (non-hydrogen) atoms. The van der Waals surface area contributed by atoms with E-state index in [1.807, 2.05) is 0 Å². The van der Waals surface area contributed by atoms with Crippen LogP contribution < -0.4 is 10.6 Å². The zero-order valence-corrected chi connectivity index (χ0v) is 13.0. The van der Waals surface area contributed by atoms with Gasteiger partial charge in [-0.1, -0.05) is 49.1 Å². The van der Waals surface area contributed by atoms with Crippen LogP contribution in [0.1, 0.15) is 43.2 Å². The van der Waals surface area contributed by atoms with Gasteiger partial charge in [-0.15, -0.1) is 5.10 Å². The molecular weight excluding hydrogens is 274 g/mol. The summed E-state index contributed by atoms with van der Waals surface area (Å²) in [6.45, 7) is 2.84. The Labute approximate surface area is 131 Å². The fourth-order valence-corrected chi connectivity index (χ4v) is 2.89. The minimum Gasteiger partial charge on any atom is -0.365 e. The normalized spacial score (nSPS) is 15.5. The number of benzene rings is 1. The Hall–Kier alpha value is -2.17. The first kappa shape index (κ1) is 14.8. The van der Waals surface area contributed by atoms with Crippen LogP contribution in [0.15, 0.2) is 30.5 Å². The van der Waals surface area contributed by atoms with E-state index >= 15 is 0 Å². The molecule has 2 aromatic rings. The lowest BCUT2D eigenvalue weighted by molar-refractivity contribution is 0.460. The molecule has 1 aromatic heterocycles. The topological polar surface area (TPSA) is 62.7 Å². The van der Waals surface area contributed by atoms with Crippen LogP contribution in [0, 0.1) is 6.92 Å². The van der Waals surface area contributed by atoms with Gasteiger partial charge in [0.1, 0.15) is 0 Å². The summed E-state index contributed by atoms with van der Waals surface area (Å²) in [4.78, 5) is 4.51. The van der Waals surface area contributed by atoms with Gasteiger partial charge in [-0.3, -0.25) is 0 Å². The SMILES string of the molecule is Cc1cccc(CNc2cnnc(NC3CCCCC3)n2)c1. The average Bonchev–Trinajstić information content (AvgIpc) is 2.54. The van der Waals surface area contributed by atoms with Crippen LogP contribution in [0.2, 0.25) is 0 Å². The Balaban J connectivity index is 1.58. The number of hydrogen-bond donors (Lipinski definition) is 2. The van der Waals surface area contributed by atoms with Crippen LogP contribution in [0.5, 0.6) is 0 Å². The number of hydrogen-bond acceptors (Lipinski definition) is 5. The predicted octanol–water partition coefficient (Wildman–Crippen LogP) is 3.54. The Morgan fingerprint density at radius 3 is 2.86 bits per heavy atom. The van der Waals surface area contributed by atoms with Crippen molar-refractivity contribution in [2.75, 3.05) is 10.6 Å². The van der Waals surface area contributed by atoms with Gasteiger partial charge in [0.25, 0.3) is 0 Å². The molecule has 0 unspecified atom stereocenters. The molecule has 0 atom stereocenters. The van der Waals surface area contributed by atoms with Crippen LogP contribution in [-0.2, 0) is 6.54 Å². The Morgan fingerprint density at radius 1 is 1.18 bits per heavy atom. The minimum atomic E-state index is 0.488. The first-order valence-electron chi connectivity index (χ1n) is 8.05. The number of aromatic nitrogens is 3. The van der Waals surface area contributed by atoms with Crippen molar-refractivity contribution in [2.45, 2.75) is 51.6 Å². The second-order valence-corrected chi connectivity index (χ2v) is 5.99. The van der Waals surface area contributed by atoms with Gasteiger partial charge in [-0.05, 0) is 25.3 Å². The van der Waals surface area contributed by atoms with Crippen molar-refractivity contribution in [3.05, 3.63) is 41.6 Å². The highest BCUT2D eigenvalue weighted by Gasteiger charge is 2.14. The van der Waals surface area contributed by atoms with E-state index < -0.39 is 0 Å². The van der Waals surface area contributed by atoms with Gasteiger partial charge in [0, 0.05) is 12.6 Å². The molecule has 0 aliphatic heterocycles. The lowest BCUT2D eigenvalue weighted by Gasteiger charge is -2.22. The second kappa shape index (κ2) is 7.20. The fraction of sp³-hybridized carbons (Fsp3) is 0.471. The molecule has 0 bridgehead atoms. The van der Waals surface area contributed by atoms with Crippen LogP contribution in [0.3, 0.4) is 0 Å². The van der Waals surface area contributed by atoms with Crippen molar-refractivity contribution in [3.8, 4) is 0 Å². The van der Waals surface area contributed by atoms with E-state index in [-0.39, 0.29) is 0 Å². The molecule has 0 amide bonds. The quantitative estimate of drug-likeness (QED) is 0.884. The number of nitrogens with zero attached hydrogens (tertiary/aromatic N) is 3. The van der Waals surface area contributed by atoms with Gasteiger partial charge in [-0.2, -0.15) is 10.1 Å². The molecule has 1 aliphatic carbocycles. The molecular formula is C17H23N5. The summed E-state index contributed by atoms with van der Waals surface area (Å²) < 4.78 is 0. The number of rotatable bonds is 5. The first-order valence-corrected chi connectivity index (χ1v) is 8.05. The summed E-state index contributed by atoms with van der Waals surface area (Å²) in [5.74, 6) is 1.39. The minimum absolute atomic E-state index is 0.488. The van der Waals surface area contributed by atoms with Crippen molar-refractivity contribution in [1.29, 1.82) is 0 Å². The monoisotopic (exact) mass is 297 g/mol. The highest BCUT2D eigenvalue weighted by Crippen LogP contribution is 2.20. The van der Waals surface area contributed by atoms with Crippen LogP contribution in [0.25, 0.3) is 0 Å². The van der Waals surface area contributed by atoms with Gasteiger partial charge in [0.15, 0.2) is 5.82 Å². The highest BCUT2D eigenvalue weighted by atomic mass is 15.3. The molecule has 5 nitrogen and oxygen atoms in total. The molecule has 3 rings (SSSR count). The van der Waals surface area contributed by atoms with Crippen molar-refractivity contribution < 1.29 is 0 Å². The standard InChI is InChI=1S/C17H23N5/c1-13-6-5-7-14(10-13)11-18-16-12-19-22-17(21-16)20-15-8-3-2-4-9-15/h5-7,10,12,15H,2-4,8-9,11H2,1H3,(H2,18,20,21,22). The Bertz CT molecular complexity index is 608. The third-order valence-corrected chi connectivity index (χ3v) is 4.05. The van der Waals surface area contributed by atoms with E-state index in [1.165, 1.54) is 43.2 Å². The van der Waals surface area contributed by atoms with Crippen molar-refractivity contribution in [2.24, 2.45) is 0 Å². The van der Waals surface area contributed by atoms with E-state index in [9.17, 15) is 0 Å². The Morgan fingerprint density at radius 2 is 2.05 bits per heavy atom. The van der Waals surface area contributed by atoms with Gasteiger partial charge in [0.05, 0.1) is 6.20 Å².